The third-order valence-electron chi connectivity index (χ3n) is 1.51. The summed E-state index contributed by atoms with van der Waals surface area (Å²) in [5, 5.41) is 3.62. The number of hydrogen-bond acceptors (Lipinski definition) is 4. The molecule has 1 rings (SSSR count). The number of nitrogens with zero attached hydrogens (tertiary/aromatic N) is 2. The number of aromatic nitrogens is 2. The van der Waals surface area contributed by atoms with Gasteiger partial charge in [0.25, 0.3) is 0 Å². The Balaban J connectivity index is 2.56. The highest BCUT2D eigenvalue weighted by atomic mass is 32.2. The fourth-order valence-corrected chi connectivity index (χ4v) is 1.47. The van der Waals surface area contributed by atoms with E-state index in [0.717, 1.165) is 17.4 Å². The van der Waals surface area contributed by atoms with E-state index >= 15 is 0 Å². The maximum Gasteiger partial charge on any atom is 0.140 e. The highest BCUT2D eigenvalue weighted by Crippen LogP contribution is 2.14. The molecule has 0 unspecified atom stereocenters. The minimum Gasteiger partial charge on any atom is -0.373 e. The minimum atomic E-state index is 0.627. The number of anilines is 1. The lowest BCUT2D eigenvalue weighted by atomic mass is 10.5. The van der Waals surface area contributed by atoms with Crippen molar-refractivity contribution in [1.82, 2.24) is 9.97 Å². The van der Waals surface area contributed by atoms with Crippen molar-refractivity contribution < 1.29 is 0 Å². The summed E-state index contributed by atoms with van der Waals surface area (Å²) in [6, 6.07) is 1.86. The van der Waals surface area contributed by atoms with Gasteiger partial charge in [0.2, 0.25) is 0 Å². The summed E-state index contributed by atoms with van der Waals surface area (Å²) in [5.74, 6) is 2.66. The Morgan fingerprint density at radius 3 is 2.92 bits per heavy atom. The largest absolute Gasteiger partial charge is 0.373 e. The third kappa shape index (κ3) is 3.63. The zero-order chi connectivity index (χ0) is 9.68. The highest BCUT2D eigenvalue weighted by molar-refractivity contribution is 7.99. The second-order valence-corrected chi connectivity index (χ2v) is 4.53. The Morgan fingerprint density at radius 1 is 1.54 bits per heavy atom. The molecule has 0 aliphatic heterocycles. The van der Waals surface area contributed by atoms with Crippen molar-refractivity contribution in [1.29, 1.82) is 0 Å². The van der Waals surface area contributed by atoms with Gasteiger partial charge in [0.05, 0.1) is 5.75 Å². The van der Waals surface area contributed by atoms with Crippen LogP contribution in [-0.2, 0) is 5.75 Å². The zero-order valence-electron chi connectivity index (χ0n) is 8.24. The Labute approximate surface area is 83.4 Å². The molecule has 1 aromatic rings. The van der Waals surface area contributed by atoms with Crippen LogP contribution in [0.3, 0.4) is 0 Å². The van der Waals surface area contributed by atoms with E-state index in [4.69, 9.17) is 0 Å². The molecule has 1 heterocycles. The second-order valence-electron chi connectivity index (χ2n) is 2.97. The quantitative estimate of drug-likeness (QED) is 0.802. The molecule has 13 heavy (non-hydrogen) atoms. The molecule has 0 saturated carbocycles. The normalized spacial score (nSPS) is 10.5. The van der Waals surface area contributed by atoms with Gasteiger partial charge in [-0.3, -0.25) is 0 Å². The molecule has 72 valence electrons. The van der Waals surface area contributed by atoms with E-state index in [1.165, 1.54) is 0 Å². The van der Waals surface area contributed by atoms with Gasteiger partial charge in [-0.1, -0.05) is 13.8 Å². The van der Waals surface area contributed by atoms with Gasteiger partial charge in [0, 0.05) is 13.2 Å². The van der Waals surface area contributed by atoms with Gasteiger partial charge in [-0.25, -0.2) is 9.97 Å². The van der Waals surface area contributed by atoms with Crippen molar-refractivity contribution >= 4 is 17.6 Å². The molecule has 0 radical (unpaired) electrons. The molecule has 1 aromatic heterocycles. The van der Waals surface area contributed by atoms with E-state index < -0.39 is 0 Å². The molecule has 0 atom stereocenters. The molecule has 0 aliphatic rings. The average molecular weight is 197 g/mol. The van der Waals surface area contributed by atoms with Crippen LogP contribution in [0.5, 0.6) is 0 Å². The first-order valence-electron chi connectivity index (χ1n) is 4.33. The van der Waals surface area contributed by atoms with Gasteiger partial charge in [-0.2, -0.15) is 11.8 Å². The Morgan fingerprint density at radius 2 is 2.31 bits per heavy atom. The van der Waals surface area contributed by atoms with Crippen LogP contribution in [0.1, 0.15) is 19.7 Å². The van der Waals surface area contributed by atoms with E-state index in [0.29, 0.717) is 5.25 Å². The number of rotatable bonds is 4. The van der Waals surface area contributed by atoms with Crippen LogP contribution in [0, 0.1) is 0 Å². The molecule has 0 fully saturated rings. The molecule has 0 saturated heterocycles. The van der Waals surface area contributed by atoms with Crippen LogP contribution in [0.2, 0.25) is 0 Å². The molecule has 0 bridgehead atoms. The molecule has 1 N–H and O–H groups in total. The van der Waals surface area contributed by atoms with Crippen LogP contribution in [0.25, 0.3) is 0 Å². The van der Waals surface area contributed by atoms with Crippen molar-refractivity contribution in [2.75, 3.05) is 12.4 Å². The van der Waals surface area contributed by atoms with Crippen molar-refractivity contribution in [2.24, 2.45) is 0 Å². The summed E-state index contributed by atoms with van der Waals surface area (Å²) in [4.78, 5) is 8.51. The third-order valence-corrected chi connectivity index (χ3v) is 2.60. The van der Waals surface area contributed by atoms with Crippen LogP contribution in [-0.4, -0.2) is 22.3 Å². The summed E-state index contributed by atoms with van der Waals surface area (Å²) in [6.07, 6.45) is 1.79. The summed E-state index contributed by atoms with van der Waals surface area (Å²) in [5.41, 5.74) is 0. The van der Waals surface area contributed by atoms with E-state index in [-0.39, 0.29) is 0 Å². The van der Waals surface area contributed by atoms with E-state index in [2.05, 4.69) is 29.1 Å². The van der Waals surface area contributed by atoms with Crippen LogP contribution >= 0.6 is 11.8 Å². The van der Waals surface area contributed by atoms with Gasteiger partial charge >= 0.3 is 0 Å². The van der Waals surface area contributed by atoms with Crippen LogP contribution in [0.4, 0.5) is 5.82 Å². The van der Waals surface area contributed by atoms with Crippen molar-refractivity contribution in [3.63, 3.8) is 0 Å². The van der Waals surface area contributed by atoms with Crippen molar-refractivity contribution in [3.8, 4) is 0 Å². The first-order valence-corrected chi connectivity index (χ1v) is 5.38. The zero-order valence-corrected chi connectivity index (χ0v) is 9.06. The van der Waals surface area contributed by atoms with Gasteiger partial charge in [0.1, 0.15) is 11.6 Å². The molecule has 0 spiro atoms. The fraction of sp³-hybridized carbons (Fsp3) is 0.556. The van der Waals surface area contributed by atoms with Crippen molar-refractivity contribution in [3.05, 3.63) is 18.1 Å². The Kier molecular flexibility index (Phi) is 4.02. The summed E-state index contributed by atoms with van der Waals surface area (Å²) < 4.78 is 0. The predicted molar refractivity (Wildman–Crippen MR) is 58.0 cm³/mol. The standard InChI is InChI=1S/C9H15N3S/c1-7(2)13-6-9-11-5-4-8(10-3)12-9/h4-5,7H,6H2,1-3H3,(H,10,11,12). The Hall–Kier alpha value is -0.770. The predicted octanol–water partition coefficient (Wildman–Crippen LogP) is 2.16. The van der Waals surface area contributed by atoms with Crippen LogP contribution in [0.15, 0.2) is 12.3 Å². The molecular formula is C9H15N3S. The van der Waals surface area contributed by atoms with Gasteiger partial charge < -0.3 is 5.32 Å². The lowest BCUT2D eigenvalue weighted by Crippen LogP contribution is -1.99. The fourth-order valence-electron chi connectivity index (χ4n) is 0.849. The summed E-state index contributed by atoms with van der Waals surface area (Å²) in [6.45, 7) is 4.35. The molecule has 3 nitrogen and oxygen atoms in total. The molecule has 0 aromatic carbocycles. The van der Waals surface area contributed by atoms with Gasteiger partial charge in [0.15, 0.2) is 0 Å². The van der Waals surface area contributed by atoms with Crippen LogP contribution < -0.4 is 5.32 Å². The molecular weight excluding hydrogens is 182 g/mol. The Bertz CT molecular complexity index is 263. The molecule has 0 aliphatic carbocycles. The lowest BCUT2D eigenvalue weighted by Gasteiger charge is -2.04. The molecule has 0 amide bonds. The number of hydrogen-bond donors (Lipinski definition) is 1. The topological polar surface area (TPSA) is 37.8 Å². The van der Waals surface area contributed by atoms with Crippen molar-refractivity contribution in [2.45, 2.75) is 24.9 Å². The minimum absolute atomic E-state index is 0.627. The summed E-state index contributed by atoms with van der Waals surface area (Å²) in [7, 11) is 1.86. The van der Waals surface area contributed by atoms with E-state index in [9.17, 15) is 0 Å². The maximum absolute atomic E-state index is 4.32. The first kappa shape index (κ1) is 10.3. The van der Waals surface area contributed by atoms with E-state index in [1.54, 1.807) is 6.20 Å². The summed E-state index contributed by atoms with van der Waals surface area (Å²) >= 11 is 1.85. The number of nitrogens with one attached hydrogen (secondary N) is 1. The second kappa shape index (κ2) is 5.07. The lowest BCUT2D eigenvalue weighted by molar-refractivity contribution is 1.02. The smallest absolute Gasteiger partial charge is 0.140 e. The first-order chi connectivity index (χ1) is 6.22. The maximum atomic E-state index is 4.32. The monoisotopic (exact) mass is 197 g/mol. The number of thioether (sulfide) groups is 1. The molecule has 4 heteroatoms. The highest BCUT2D eigenvalue weighted by Gasteiger charge is 2.00. The average Bonchev–Trinajstić information content (AvgIpc) is 2.15. The van der Waals surface area contributed by atoms with Gasteiger partial charge in [-0.05, 0) is 11.3 Å². The SMILES string of the molecule is CNc1ccnc(CSC(C)C)n1. The van der Waals surface area contributed by atoms with E-state index in [1.807, 2.05) is 24.9 Å². The van der Waals surface area contributed by atoms with Gasteiger partial charge in [-0.15, -0.1) is 0 Å².